The van der Waals surface area contributed by atoms with Crippen molar-refractivity contribution in [1.82, 2.24) is 19.7 Å². The van der Waals surface area contributed by atoms with Crippen LogP contribution in [0.1, 0.15) is 18.2 Å². The summed E-state index contributed by atoms with van der Waals surface area (Å²) in [5.74, 6) is 2.11. The van der Waals surface area contributed by atoms with Gasteiger partial charge in [0.2, 0.25) is 0 Å². The van der Waals surface area contributed by atoms with Crippen molar-refractivity contribution in [2.75, 3.05) is 13.2 Å². The molecular weight excluding hydrogens is 256 g/mol. The van der Waals surface area contributed by atoms with Gasteiger partial charge in [0.1, 0.15) is 0 Å². The van der Waals surface area contributed by atoms with Gasteiger partial charge in [0.05, 0.1) is 17.6 Å². The summed E-state index contributed by atoms with van der Waals surface area (Å²) in [7, 11) is 1.95. The van der Waals surface area contributed by atoms with Gasteiger partial charge in [0.15, 0.2) is 11.6 Å². The molecule has 1 saturated heterocycles. The molecular formula is C14H14N4O2. The summed E-state index contributed by atoms with van der Waals surface area (Å²) in [6.07, 6.45) is 0.946. The van der Waals surface area contributed by atoms with Crippen LogP contribution in [0.15, 0.2) is 28.8 Å². The number of ether oxygens (including phenoxy) is 1. The second-order valence-electron chi connectivity index (χ2n) is 5.00. The van der Waals surface area contributed by atoms with Crippen LogP contribution in [0.3, 0.4) is 0 Å². The highest BCUT2D eigenvalue weighted by Gasteiger charge is 2.24. The minimum atomic E-state index is 0.238. The molecule has 1 aliphatic heterocycles. The van der Waals surface area contributed by atoms with E-state index in [1.165, 1.54) is 0 Å². The molecule has 102 valence electrons. The van der Waals surface area contributed by atoms with E-state index in [9.17, 15) is 0 Å². The zero-order valence-corrected chi connectivity index (χ0v) is 11.1. The van der Waals surface area contributed by atoms with E-state index in [4.69, 9.17) is 9.26 Å². The highest BCUT2D eigenvalue weighted by atomic mass is 16.5. The topological polar surface area (TPSA) is 66.0 Å². The molecule has 6 nitrogen and oxygen atoms in total. The van der Waals surface area contributed by atoms with Crippen molar-refractivity contribution in [3.63, 3.8) is 0 Å². The summed E-state index contributed by atoms with van der Waals surface area (Å²) in [5, 5.41) is 4.07. The minimum Gasteiger partial charge on any atom is -0.381 e. The Kier molecular flexibility index (Phi) is 2.56. The highest BCUT2D eigenvalue weighted by molar-refractivity contribution is 5.79. The molecule has 1 fully saturated rings. The van der Waals surface area contributed by atoms with Crippen molar-refractivity contribution in [3.8, 4) is 11.7 Å². The first-order valence-corrected chi connectivity index (χ1v) is 6.66. The Hall–Kier alpha value is -2.21. The number of aromatic nitrogens is 4. The average Bonchev–Trinajstić information content (AvgIpc) is 3.17. The molecule has 1 atom stereocenters. The molecule has 2 aromatic heterocycles. The molecule has 20 heavy (non-hydrogen) atoms. The summed E-state index contributed by atoms with van der Waals surface area (Å²) >= 11 is 0. The lowest BCUT2D eigenvalue weighted by atomic mass is 10.1. The largest absolute Gasteiger partial charge is 0.381 e. The zero-order valence-electron chi connectivity index (χ0n) is 11.1. The van der Waals surface area contributed by atoms with Crippen LogP contribution in [-0.2, 0) is 11.8 Å². The number of nitrogens with zero attached hydrogens (tertiary/aromatic N) is 4. The van der Waals surface area contributed by atoms with Crippen molar-refractivity contribution in [1.29, 1.82) is 0 Å². The maximum Gasteiger partial charge on any atom is 0.293 e. The number of hydrogen-bond donors (Lipinski definition) is 0. The Morgan fingerprint density at radius 3 is 2.95 bits per heavy atom. The van der Waals surface area contributed by atoms with Gasteiger partial charge in [-0.1, -0.05) is 17.3 Å². The number of rotatable bonds is 2. The van der Waals surface area contributed by atoms with E-state index >= 15 is 0 Å². The van der Waals surface area contributed by atoms with Gasteiger partial charge in [-0.3, -0.25) is 0 Å². The number of imidazole rings is 1. The predicted molar refractivity (Wildman–Crippen MR) is 72.2 cm³/mol. The number of para-hydroxylation sites is 2. The standard InChI is InChI=1S/C14H14N4O2/c1-18-11-5-3-2-4-10(11)15-13(18)14-16-12(17-20-14)9-6-7-19-8-9/h2-5,9H,6-8H2,1H3/t9-/m1/s1. The third-order valence-electron chi connectivity index (χ3n) is 3.72. The second kappa shape index (κ2) is 4.42. The van der Waals surface area contributed by atoms with E-state index < -0.39 is 0 Å². The number of fused-ring (bicyclic) bond motifs is 1. The van der Waals surface area contributed by atoms with Crippen molar-refractivity contribution < 1.29 is 9.26 Å². The fourth-order valence-electron chi connectivity index (χ4n) is 2.57. The Bertz CT molecular complexity index is 755. The third kappa shape index (κ3) is 1.72. The zero-order chi connectivity index (χ0) is 13.5. The molecule has 0 saturated carbocycles. The SMILES string of the molecule is Cn1c(-c2nc([C@@H]3CCOC3)no2)nc2ccccc21. The maximum absolute atomic E-state index is 5.37. The molecule has 0 bridgehead atoms. The number of aryl methyl sites for hydroxylation is 1. The molecule has 0 radical (unpaired) electrons. The average molecular weight is 270 g/mol. The number of benzene rings is 1. The van der Waals surface area contributed by atoms with Crippen LogP contribution >= 0.6 is 0 Å². The van der Waals surface area contributed by atoms with Crippen LogP contribution in [0.2, 0.25) is 0 Å². The van der Waals surface area contributed by atoms with Gasteiger partial charge in [-0.25, -0.2) is 4.98 Å². The molecule has 1 aliphatic rings. The lowest BCUT2D eigenvalue weighted by Crippen LogP contribution is -2.00. The van der Waals surface area contributed by atoms with E-state index in [0.717, 1.165) is 24.1 Å². The third-order valence-corrected chi connectivity index (χ3v) is 3.72. The van der Waals surface area contributed by atoms with Crippen LogP contribution in [0, 0.1) is 0 Å². The molecule has 3 heterocycles. The normalized spacial score (nSPS) is 18.9. The molecule has 0 spiro atoms. The molecule has 6 heteroatoms. The smallest absolute Gasteiger partial charge is 0.293 e. The Morgan fingerprint density at radius 1 is 1.25 bits per heavy atom. The van der Waals surface area contributed by atoms with Crippen molar-refractivity contribution in [2.24, 2.45) is 7.05 Å². The molecule has 0 aliphatic carbocycles. The van der Waals surface area contributed by atoms with Gasteiger partial charge in [-0.15, -0.1) is 0 Å². The molecule has 1 aromatic carbocycles. The Balaban J connectivity index is 1.77. The molecule has 4 rings (SSSR count). The van der Waals surface area contributed by atoms with Crippen LogP contribution in [0.25, 0.3) is 22.7 Å². The lowest BCUT2D eigenvalue weighted by molar-refractivity contribution is 0.192. The lowest BCUT2D eigenvalue weighted by Gasteiger charge is -1.98. The molecule has 3 aromatic rings. The van der Waals surface area contributed by atoms with Crippen LogP contribution in [-0.4, -0.2) is 32.9 Å². The van der Waals surface area contributed by atoms with Gasteiger partial charge in [-0.2, -0.15) is 4.98 Å². The fraction of sp³-hybridized carbons (Fsp3) is 0.357. The summed E-state index contributed by atoms with van der Waals surface area (Å²) in [4.78, 5) is 9.04. The van der Waals surface area contributed by atoms with Gasteiger partial charge >= 0.3 is 0 Å². The Morgan fingerprint density at radius 2 is 2.15 bits per heavy atom. The van der Waals surface area contributed by atoms with Crippen molar-refractivity contribution >= 4 is 11.0 Å². The van der Waals surface area contributed by atoms with E-state index in [1.807, 2.05) is 35.9 Å². The number of hydrogen-bond acceptors (Lipinski definition) is 5. The van der Waals surface area contributed by atoms with Crippen molar-refractivity contribution in [2.45, 2.75) is 12.3 Å². The van der Waals surface area contributed by atoms with Crippen molar-refractivity contribution in [3.05, 3.63) is 30.1 Å². The maximum atomic E-state index is 5.37. The van der Waals surface area contributed by atoms with Gasteiger partial charge in [0, 0.05) is 19.6 Å². The summed E-state index contributed by atoms with van der Waals surface area (Å²) in [5.41, 5.74) is 1.97. The monoisotopic (exact) mass is 270 g/mol. The minimum absolute atomic E-state index is 0.238. The van der Waals surface area contributed by atoms with Crippen LogP contribution in [0.5, 0.6) is 0 Å². The second-order valence-corrected chi connectivity index (χ2v) is 5.00. The van der Waals surface area contributed by atoms with Gasteiger partial charge in [-0.05, 0) is 18.6 Å². The fourth-order valence-corrected chi connectivity index (χ4v) is 2.57. The first-order valence-electron chi connectivity index (χ1n) is 6.66. The molecule has 0 amide bonds. The van der Waals surface area contributed by atoms with E-state index in [0.29, 0.717) is 24.1 Å². The predicted octanol–water partition coefficient (Wildman–Crippen LogP) is 2.13. The quantitative estimate of drug-likeness (QED) is 0.713. The first kappa shape index (κ1) is 11.6. The van der Waals surface area contributed by atoms with Crippen LogP contribution < -0.4 is 0 Å². The summed E-state index contributed by atoms with van der Waals surface area (Å²) in [6.45, 7) is 1.43. The summed E-state index contributed by atoms with van der Waals surface area (Å²) < 4.78 is 12.7. The van der Waals surface area contributed by atoms with Gasteiger partial charge in [0.25, 0.3) is 5.89 Å². The summed E-state index contributed by atoms with van der Waals surface area (Å²) in [6, 6.07) is 7.95. The van der Waals surface area contributed by atoms with E-state index in [-0.39, 0.29) is 5.92 Å². The first-order chi connectivity index (χ1) is 9.83. The van der Waals surface area contributed by atoms with Crippen LogP contribution in [0.4, 0.5) is 0 Å². The van der Waals surface area contributed by atoms with E-state index in [2.05, 4.69) is 15.1 Å². The van der Waals surface area contributed by atoms with E-state index in [1.54, 1.807) is 0 Å². The highest BCUT2D eigenvalue weighted by Crippen LogP contribution is 2.26. The molecule has 0 unspecified atom stereocenters. The van der Waals surface area contributed by atoms with Gasteiger partial charge < -0.3 is 13.8 Å². The molecule has 0 N–H and O–H groups in total. The Labute approximate surface area is 115 Å².